The number of rotatable bonds is 7. The highest BCUT2D eigenvalue weighted by Gasteiger charge is 2.44. The van der Waals surface area contributed by atoms with E-state index in [0.717, 1.165) is 84.3 Å². The Kier molecular flexibility index (Phi) is 7.29. The maximum absolute atomic E-state index is 14.5. The minimum atomic E-state index is -0.538. The Hall–Kier alpha value is -5.01. The number of aromatic nitrogens is 3. The summed E-state index contributed by atoms with van der Waals surface area (Å²) in [5.41, 5.74) is 5.87. The zero-order valence-corrected chi connectivity index (χ0v) is 26.1. The van der Waals surface area contributed by atoms with E-state index >= 15 is 0 Å². The van der Waals surface area contributed by atoms with Crippen molar-refractivity contribution >= 4 is 16.8 Å². The average Bonchev–Trinajstić information content (AvgIpc) is 3.89. The lowest BCUT2D eigenvalue weighted by atomic mass is 9.87. The van der Waals surface area contributed by atoms with Crippen LogP contribution in [-0.4, -0.2) is 45.3 Å². The molecule has 47 heavy (non-hydrogen) atoms. The molecule has 2 atom stereocenters. The smallest absolute Gasteiger partial charge is 0.280 e. The number of carbonyl (C=O) groups is 1. The first-order valence-corrected chi connectivity index (χ1v) is 16.4. The third-order valence-corrected chi connectivity index (χ3v) is 10.3. The lowest BCUT2D eigenvalue weighted by molar-refractivity contribution is 0.0639. The molecule has 1 amide bonds. The van der Waals surface area contributed by atoms with E-state index in [0.29, 0.717) is 35.8 Å². The maximum atomic E-state index is 14.5. The molecule has 0 spiro atoms. The molecule has 1 N–H and O–H groups in total. The van der Waals surface area contributed by atoms with Crippen LogP contribution < -0.4 is 5.56 Å². The molecule has 0 aliphatic carbocycles. The van der Waals surface area contributed by atoms with E-state index in [1.54, 1.807) is 6.07 Å². The van der Waals surface area contributed by atoms with E-state index in [-0.39, 0.29) is 29.1 Å². The third kappa shape index (κ3) is 4.97. The number of benzene rings is 2. The van der Waals surface area contributed by atoms with Crippen LogP contribution in [0.1, 0.15) is 84.0 Å². The van der Waals surface area contributed by atoms with Crippen molar-refractivity contribution < 1.29 is 18.4 Å². The van der Waals surface area contributed by atoms with Crippen molar-refractivity contribution in [2.45, 2.75) is 57.5 Å². The summed E-state index contributed by atoms with van der Waals surface area (Å²) < 4.78 is 27.9. The number of amides is 1. The largest absolute Gasteiger partial charge is 0.381 e. The Labute approximate surface area is 270 Å². The molecule has 3 aliphatic rings. The van der Waals surface area contributed by atoms with Gasteiger partial charge in [-0.15, -0.1) is 0 Å². The number of hydrogen-bond donors (Lipinski definition) is 1. The van der Waals surface area contributed by atoms with Crippen LogP contribution in [-0.2, 0) is 11.2 Å². The fourth-order valence-corrected chi connectivity index (χ4v) is 7.77. The van der Waals surface area contributed by atoms with Gasteiger partial charge in [-0.1, -0.05) is 12.1 Å². The molecule has 3 aromatic heterocycles. The molecule has 0 bridgehead atoms. The molecule has 5 aromatic rings. The zero-order valence-electron chi connectivity index (χ0n) is 26.1. The minimum Gasteiger partial charge on any atom is -0.381 e. The van der Waals surface area contributed by atoms with Crippen LogP contribution in [0.25, 0.3) is 33.4 Å². The molecular weight excluding hydrogens is 597 g/mol. The van der Waals surface area contributed by atoms with Gasteiger partial charge in [0.25, 0.3) is 11.5 Å². The summed E-state index contributed by atoms with van der Waals surface area (Å²) in [7, 11) is 0. The van der Waals surface area contributed by atoms with Crippen molar-refractivity contribution in [2.75, 3.05) is 19.8 Å². The van der Waals surface area contributed by atoms with Crippen molar-refractivity contribution in [3.63, 3.8) is 0 Å². The topological polar surface area (TPSA) is 117 Å². The van der Waals surface area contributed by atoms with Crippen LogP contribution in [0.2, 0.25) is 0 Å². The summed E-state index contributed by atoms with van der Waals surface area (Å²) >= 11 is 0. The molecule has 0 radical (unpaired) electrons. The number of aryl methyl sites for hydroxylation is 1. The molecule has 3 aliphatic heterocycles. The Morgan fingerprint density at radius 3 is 2.68 bits per heavy atom. The summed E-state index contributed by atoms with van der Waals surface area (Å²) in [6.45, 7) is 4.21. The summed E-state index contributed by atoms with van der Waals surface area (Å²) in [6, 6.07) is 15.9. The van der Waals surface area contributed by atoms with Gasteiger partial charge in [0.2, 0.25) is 0 Å². The molecule has 0 saturated carbocycles. The summed E-state index contributed by atoms with van der Waals surface area (Å²) in [5, 5.41) is 12.6. The van der Waals surface area contributed by atoms with Crippen molar-refractivity contribution in [1.29, 1.82) is 5.26 Å². The number of hydrogen-bond acceptors (Lipinski definition) is 6. The summed E-state index contributed by atoms with van der Waals surface area (Å²) in [5.74, 6) is 0.315. The normalized spacial score (nSPS) is 18.4. The molecule has 238 valence electrons. The first-order valence-electron chi connectivity index (χ1n) is 16.4. The van der Waals surface area contributed by atoms with Crippen LogP contribution in [0.3, 0.4) is 0 Å². The molecular formula is C37H34FN5O4. The van der Waals surface area contributed by atoms with Crippen molar-refractivity contribution in [3.8, 4) is 28.5 Å². The van der Waals surface area contributed by atoms with Crippen LogP contribution in [0.15, 0.2) is 64.0 Å². The molecule has 2 aromatic carbocycles. The zero-order chi connectivity index (χ0) is 32.2. The Morgan fingerprint density at radius 1 is 1.06 bits per heavy atom. The van der Waals surface area contributed by atoms with Crippen molar-refractivity contribution in [2.24, 2.45) is 5.92 Å². The first-order chi connectivity index (χ1) is 22.9. The molecule has 9 nitrogen and oxygen atoms in total. The number of halogens is 1. The van der Waals surface area contributed by atoms with E-state index in [1.807, 2.05) is 42.3 Å². The number of ether oxygens (including phenoxy) is 1. The number of nitrogens with one attached hydrogen (secondary N) is 1. The Balaban J connectivity index is 1.28. The highest BCUT2D eigenvalue weighted by atomic mass is 19.1. The van der Waals surface area contributed by atoms with E-state index in [9.17, 15) is 14.0 Å². The second kappa shape index (κ2) is 11.7. The SMILES string of the molecule is C[C@@H](c1ccc(C#N)c(F)c1)n1ccc2cc(-c3c4c(nc(CCC5CCOCC5)c3-c3cc(=O)[nH]o3)[C@@H]3CCCN3C4=O)ccc21. The molecule has 2 fully saturated rings. The Bertz CT molecular complexity index is 2130. The lowest BCUT2D eigenvalue weighted by Gasteiger charge is -2.23. The second-order valence-electron chi connectivity index (χ2n) is 12.9. The van der Waals surface area contributed by atoms with Gasteiger partial charge in [0.1, 0.15) is 11.9 Å². The van der Waals surface area contributed by atoms with Crippen LogP contribution in [0, 0.1) is 23.1 Å². The van der Waals surface area contributed by atoms with Crippen LogP contribution in [0.4, 0.5) is 4.39 Å². The van der Waals surface area contributed by atoms with E-state index < -0.39 is 5.82 Å². The molecule has 6 heterocycles. The summed E-state index contributed by atoms with van der Waals surface area (Å²) in [6.07, 6.45) is 7.41. The van der Waals surface area contributed by atoms with E-state index in [2.05, 4.69) is 15.8 Å². The Morgan fingerprint density at radius 2 is 1.91 bits per heavy atom. The average molecular weight is 632 g/mol. The van der Waals surface area contributed by atoms with Gasteiger partial charge >= 0.3 is 0 Å². The predicted octanol–water partition coefficient (Wildman–Crippen LogP) is 6.92. The molecule has 10 heteroatoms. The number of fused-ring (bicyclic) bond motifs is 4. The van der Waals surface area contributed by atoms with Gasteiger partial charge in [0.05, 0.1) is 46.2 Å². The van der Waals surface area contributed by atoms with Gasteiger partial charge in [-0.3, -0.25) is 14.6 Å². The number of aromatic amines is 1. The highest BCUT2D eigenvalue weighted by molar-refractivity contribution is 6.09. The van der Waals surface area contributed by atoms with Gasteiger partial charge < -0.3 is 18.7 Å². The van der Waals surface area contributed by atoms with Crippen molar-refractivity contribution in [3.05, 3.63) is 99.0 Å². The lowest BCUT2D eigenvalue weighted by Crippen LogP contribution is -2.22. The predicted molar refractivity (Wildman–Crippen MR) is 173 cm³/mol. The standard InChI is InChI=1S/C37H34FN5O4/c1-21(23-5-6-26(20-39)27(38)18-23)42-14-10-24-17-25(7-9-29(24)42)33-34(31-19-32(44)41-47-31)28(8-4-22-11-15-46-16-12-22)40-36-30-3-2-13-43(30)37(45)35(33)36/h5-7,9-10,14,17-19,21-22,30H,2-4,8,11-13,15-16H2,1H3,(H,41,44)/t21-,30-/m0/s1. The second-order valence-corrected chi connectivity index (χ2v) is 12.9. The first kappa shape index (κ1) is 29.4. The molecule has 8 rings (SSSR count). The molecule has 0 unspecified atom stereocenters. The quantitative estimate of drug-likeness (QED) is 0.208. The number of nitrogens with zero attached hydrogens (tertiary/aromatic N) is 4. The number of carbonyl (C=O) groups excluding carboxylic acids is 1. The van der Waals surface area contributed by atoms with Gasteiger partial charge in [-0.05, 0) is 92.8 Å². The number of pyridine rings is 1. The van der Waals surface area contributed by atoms with Gasteiger partial charge in [0.15, 0.2) is 5.76 Å². The monoisotopic (exact) mass is 631 g/mol. The maximum Gasteiger partial charge on any atom is 0.280 e. The third-order valence-electron chi connectivity index (χ3n) is 10.3. The van der Waals surface area contributed by atoms with Gasteiger partial charge in [-0.2, -0.15) is 10.4 Å². The number of H-pyrrole nitrogens is 1. The fourth-order valence-electron chi connectivity index (χ4n) is 7.77. The van der Waals surface area contributed by atoms with E-state index in [4.69, 9.17) is 19.5 Å². The van der Waals surface area contributed by atoms with Gasteiger partial charge in [-0.25, -0.2) is 4.39 Å². The molecule has 2 saturated heterocycles. The minimum absolute atomic E-state index is 0.0176. The van der Waals surface area contributed by atoms with Crippen LogP contribution in [0.5, 0.6) is 0 Å². The summed E-state index contributed by atoms with van der Waals surface area (Å²) in [4.78, 5) is 33.6. The highest BCUT2D eigenvalue weighted by Crippen LogP contribution is 2.48. The fraction of sp³-hybridized carbons (Fsp3) is 0.351. The number of nitriles is 1. The van der Waals surface area contributed by atoms with Crippen LogP contribution >= 0.6 is 0 Å². The van der Waals surface area contributed by atoms with Crippen molar-refractivity contribution in [1.82, 2.24) is 19.6 Å². The van der Waals surface area contributed by atoms with Gasteiger partial charge in [0, 0.05) is 42.4 Å². The van der Waals surface area contributed by atoms with E-state index in [1.165, 1.54) is 18.2 Å².